The fraction of sp³-hybridized carbons (Fsp3) is 0.500. The van der Waals surface area contributed by atoms with Crippen LogP contribution in [0.3, 0.4) is 0 Å². The summed E-state index contributed by atoms with van der Waals surface area (Å²) in [6.45, 7) is 2.90. The highest BCUT2D eigenvalue weighted by molar-refractivity contribution is 6.35. The van der Waals surface area contributed by atoms with E-state index in [1.165, 1.54) is 10.5 Å². The van der Waals surface area contributed by atoms with Gasteiger partial charge < -0.3 is 24.7 Å². The Balaban J connectivity index is 0.000000238. The number of anilines is 1. The summed E-state index contributed by atoms with van der Waals surface area (Å²) in [4.78, 5) is 40.1. The van der Waals surface area contributed by atoms with Gasteiger partial charge in [-0.1, -0.05) is 29.8 Å². The number of para-hydroxylation sites is 1. The van der Waals surface area contributed by atoms with Crippen molar-refractivity contribution in [1.82, 2.24) is 24.9 Å². The number of fused-ring (bicyclic) bond motifs is 2. The zero-order valence-electron chi connectivity index (χ0n) is 25.9. The van der Waals surface area contributed by atoms with Gasteiger partial charge in [-0.05, 0) is 81.7 Å². The number of hydrogen-bond acceptors (Lipinski definition) is 6. The van der Waals surface area contributed by atoms with Crippen LogP contribution >= 0.6 is 11.6 Å². The first-order chi connectivity index (χ1) is 21.7. The number of halogens is 4. The summed E-state index contributed by atoms with van der Waals surface area (Å²) in [6, 6.07) is 10.3. The smallest absolute Gasteiger partial charge is 0.321 e. The highest BCUT2D eigenvalue weighted by atomic mass is 35.5. The van der Waals surface area contributed by atoms with E-state index in [4.69, 9.17) is 11.6 Å². The first kappa shape index (κ1) is 36.0. The van der Waals surface area contributed by atoms with E-state index in [9.17, 15) is 27.6 Å². The molecular formula is C32H42ClF3N6O3. The van der Waals surface area contributed by atoms with Crippen molar-refractivity contribution in [2.45, 2.75) is 51.1 Å². The number of aromatic amines is 1. The van der Waals surface area contributed by atoms with E-state index in [0.29, 0.717) is 36.5 Å². The Labute approximate surface area is 267 Å². The lowest BCUT2D eigenvalue weighted by Crippen LogP contribution is -2.48. The summed E-state index contributed by atoms with van der Waals surface area (Å²) in [7, 11) is 4.24. The predicted molar refractivity (Wildman–Crippen MR) is 171 cm³/mol. The van der Waals surface area contributed by atoms with Crippen LogP contribution in [0.15, 0.2) is 36.5 Å². The lowest BCUT2D eigenvalue weighted by molar-refractivity contribution is -0.115. The van der Waals surface area contributed by atoms with Crippen LogP contribution in [0.4, 0.5) is 23.7 Å². The number of piperidine rings is 1. The number of benzene rings is 2. The zero-order chi connectivity index (χ0) is 32.9. The average Bonchev–Trinajstić information content (AvgIpc) is 3.46. The van der Waals surface area contributed by atoms with Gasteiger partial charge in [-0.3, -0.25) is 14.4 Å². The third-order valence-corrected chi connectivity index (χ3v) is 8.41. The molecule has 2 aliphatic heterocycles. The SMILES string of the molecule is CF.CN(Cc1c(C[C@H](C=O)CC=O)cc(Cl)c2[nH]ncc12)CC(F)F.CN1CCC(N2CCc3ccccc3NC2=O)CC1. The summed E-state index contributed by atoms with van der Waals surface area (Å²) in [6.07, 6.45) is 4.11. The van der Waals surface area contributed by atoms with Crippen LogP contribution in [-0.4, -0.2) is 103 Å². The van der Waals surface area contributed by atoms with Crippen LogP contribution in [0.1, 0.15) is 36.0 Å². The molecule has 0 spiro atoms. The maximum atomic E-state index is 12.6. The summed E-state index contributed by atoms with van der Waals surface area (Å²) < 4.78 is 34.7. The van der Waals surface area contributed by atoms with E-state index in [-0.39, 0.29) is 25.5 Å². The Bertz CT molecular complexity index is 1400. The number of hydrogen-bond donors (Lipinski definition) is 2. The third-order valence-electron chi connectivity index (χ3n) is 8.11. The van der Waals surface area contributed by atoms with Gasteiger partial charge in [0, 0.05) is 42.5 Å². The molecule has 1 saturated heterocycles. The average molecular weight is 651 g/mol. The second-order valence-corrected chi connectivity index (χ2v) is 11.7. The number of nitrogens with zero attached hydrogens (tertiary/aromatic N) is 4. The van der Waals surface area contributed by atoms with Gasteiger partial charge in [-0.2, -0.15) is 5.10 Å². The van der Waals surface area contributed by atoms with Crippen molar-refractivity contribution in [3.8, 4) is 0 Å². The summed E-state index contributed by atoms with van der Waals surface area (Å²) >= 11 is 6.24. The molecule has 13 heteroatoms. The molecule has 246 valence electrons. The highest BCUT2D eigenvalue weighted by Crippen LogP contribution is 2.31. The van der Waals surface area contributed by atoms with Crippen LogP contribution < -0.4 is 5.32 Å². The number of alkyl halides is 3. The Morgan fingerprint density at radius 1 is 1.16 bits per heavy atom. The number of rotatable bonds is 10. The van der Waals surface area contributed by atoms with Crippen LogP contribution in [0.2, 0.25) is 5.02 Å². The predicted octanol–water partition coefficient (Wildman–Crippen LogP) is 5.62. The molecule has 1 fully saturated rings. The van der Waals surface area contributed by atoms with Crippen molar-refractivity contribution >= 4 is 46.8 Å². The van der Waals surface area contributed by atoms with Crippen molar-refractivity contribution in [2.24, 2.45) is 5.92 Å². The molecule has 2 aliphatic rings. The second kappa shape index (κ2) is 17.9. The quantitative estimate of drug-likeness (QED) is 0.277. The number of aldehydes is 2. The number of likely N-dealkylation sites (tertiary alicyclic amines) is 1. The normalized spacial score (nSPS) is 16.2. The summed E-state index contributed by atoms with van der Waals surface area (Å²) in [5.41, 5.74) is 4.38. The fourth-order valence-corrected chi connectivity index (χ4v) is 6.03. The largest absolute Gasteiger partial charge is 0.322 e. The molecule has 0 radical (unpaired) electrons. The molecule has 2 N–H and O–H groups in total. The number of amides is 2. The maximum absolute atomic E-state index is 12.6. The van der Waals surface area contributed by atoms with E-state index in [1.54, 1.807) is 19.3 Å². The molecule has 9 nitrogen and oxygen atoms in total. The lowest BCUT2D eigenvalue weighted by Gasteiger charge is -2.36. The van der Waals surface area contributed by atoms with Crippen molar-refractivity contribution in [3.63, 3.8) is 0 Å². The van der Waals surface area contributed by atoms with Crippen LogP contribution in [-0.2, 0) is 29.0 Å². The van der Waals surface area contributed by atoms with Gasteiger partial charge >= 0.3 is 6.03 Å². The molecule has 3 aromatic rings. The first-order valence-corrected chi connectivity index (χ1v) is 15.3. The van der Waals surface area contributed by atoms with Gasteiger partial charge in [-0.15, -0.1) is 0 Å². The van der Waals surface area contributed by atoms with Crippen molar-refractivity contribution in [3.05, 3.63) is 58.2 Å². The van der Waals surface area contributed by atoms with Gasteiger partial charge in [0.25, 0.3) is 6.43 Å². The minimum atomic E-state index is -2.44. The van der Waals surface area contributed by atoms with Gasteiger partial charge in [-0.25, -0.2) is 13.6 Å². The number of urea groups is 1. The van der Waals surface area contributed by atoms with Gasteiger partial charge in [0.15, 0.2) is 0 Å². The maximum Gasteiger partial charge on any atom is 0.322 e. The third kappa shape index (κ3) is 10.0. The highest BCUT2D eigenvalue weighted by Gasteiger charge is 2.29. The Morgan fingerprint density at radius 2 is 1.87 bits per heavy atom. The minimum absolute atomic E-state index is 0.0690. The van der Waals surface area contributed by atoms with Crippen molar-refractivity contribution < 1.29 is 27.6 Å². The molecule has 45 heavy (non-hydrogen) atoms. The number of aromatic nitrogens is 2. The molecular weight excluding hydrogens is 609 g/mol. The number of H-pyrrole nitrogens is 1. The molecule has 0 unspecified atom stereocenters. The zero-order valence-corrected chi connectivity index (χ0v) is 26.7. The van der Waals surface area contributed by atoms with E-state index in [0.717, 1.165) is 67.4 Å². The number of carbonyl (C=O) groups excluding carboxylic acids is 3. The van der Waals surface area contributed by atoms with Crippen LogP contribution in [0.5, 0.6) is 0 Å². The molecule has 0 bridgehead atoms. The standard InChI is InChI=1S/C16H18ClF2N3O2.C15H21N3O.CH3F/c1-22(8-15(18)19)7-13-11(4-10(9-24)2-3-23)5-14(17)16-12(13)6-20-21-16;1-17-9-7-13(8-10-17)18-11-6-12-4-2-3-5-14(12)16-15(18)19;1-2/h3,5-6,9-10,15H,2,4,7-8H2,1H3,(H,20,21);2-5,13H,6-11H2,1H3,(H,16,19);1H3/t10-;;/m1../s1. The first-order valence-electron chi connectivity index (χ1n) is 14.9. The van der Waals surface area contributed by atoms with Gasteiger partial charge in [0.1, 0.15) is 12.6 Å². The Morgan fingerprint density at radius 3 is 2.53 bits per heavy atom. The molecule has 2 aromatic carbocycles. The van der Waals surface area contributed by atoms with E-state index in [2.05, 4.69) is 33.5 Å². The molecule has 2 amide bonds. The lowest BCUT2D eigenvalue weighted by atomic mass is 9.92. The van der Waals surface area contributed by atoms with Gasteiger partial charge in [0.05, 0.1) is 30.5 Å². The topological polar surface area (TPSA) is 102 Å². The van der Waals surface area contributed by atoms with E-state index in [1.807, 2.05) is 23.1 Å². The molecule has 0 saturated carbocycles. The number of carbonyl (C=O) groups is 3. The monoisotopic (exact) mass is 650 g/mol. The van der Waals surface area contributed by atoms with Crippen molar-refractivity contribution in [2.75, 3.05) is 52.8 Å². The molecule has 1 aromatic heterocycles. The second-order valence-electron chi connectivity index (χ2n) is 11.3. The minimum Gasteiger partial charge on any atom is -0.321 e. The van der Waals surface area contributed by atoms with E-state index >= 15 is 0 Å². The molecule has 0 aliphatic carbocycles. The Kier molecular flexibility index (Phi) is 14.3. The number of nitrogens with one attached hydrogen (secondary N) is 2. The van der Waals surface area contributed by atoms with Crippen LogP contribution in [0.25, 0.3) is 10.9 Å². The molecule has 5 rings (SSSR count). The Hall–Kier alpha value is -3.48. The van der Waals surface area contributed by atoms with Crippen molar-refractivity contribution in [1.29, 1.82) is 0 Å². The fourth-order valence-electron chi connectivity index (χ4n) is 5.76. The summed E-state index contributed by atoms with van der Waals surface area (Å²) in [5, 5.41) is 11.0. The van der Waals surface area contributed by atoms with E-state index < -0.39 is 12.3 Å². The molecule has 3 heterocycles. The molecule has 1 atom stereocenters. The van der Waals surface area contributed by atoms with Crippen LogP contribution in [0, 0.1) is 5.92 Å². The van der Waals surface area contributed by atoms with Gasteiger partial charge in [0.2, 0.25) is 0 Å². The summed E-state index contributed by atoms with van der Waals surface area (Å²) in [5.74, 6) is -0.470.